The van der Waals surface area contributed by atoms with Crippen molar-refractivity contribution in [3.63, 3.8) is 0 Å². The molecule has 0 radical (unpaired) electrons. The van der Waals surface area contributed by atoms with Gasteiger partial charge in [-0.1, -0.05) is 23.7 Å². The van der Waals surface area contributed by atoms with E-state index in [0.29, 0.717) is 49.9 Å². The summed E-state index contributed by atoms with van der Waals surface area (Å²) >= 11 is 5.97. The van der Waals surface area contributed by atoms with Crippen molar-refractivity contribution in [3.8, 4) is 28.4 Å². The minimum Gasteiger partial charge on any atom is -0.497 e. The third-order valence-electron chi connectivity index (χ3n) is 5.07. The summed E-state index contributed by atoms with van der Waals surface area (Å²) in [5.41, 5.74) is 2.04. The Morgan fingerprint density at radius 1 is 0.875 bits per heavy atom. The number of hydrogen-bond acceptors (Lipinski definition) is 6. The first kappa shape index (κ1) is 21.5. The van der Waals surface area contributed by atoms with Gasteiger partial charge in [0, 0.05) is 16.5 Å². The number of esters is 1. The Hall–Kier alpha value is -3.77. The van der Waals surface area contributed by atoms with E-state index in [-0.39, 0.29) is 5.56 Å². The molecule has 6 nitrogen and oxygen atoms in total. The van der Waals surface area contributed by atoms with Gasteiger partial charge in [0.05, 0.1) is 25.3 Å². The van der Waals surface area contributed by atoms with Crippen molar-refractivity contribution in [2.75, 3.05) is 14.2 Å². The van der Waals surface area contributed by atoms with Gasteiger partial charge in [-0.15, -0.1) is 0 Å². The van der Waals surface area contributed by atoms with Crippen molar-refractivity contribution in [2.45, 2.75) is 6.92 Å². The number of carbonyl (C=O) groups is 1. The molecule has 0 fully saturated rings. The number of benzene rings is 3. The molecule has 0 unspecified atom stereocenters. The SMILES string of the molecule is COc1cc(OC)cc(C(=O)Oc2ccc3oc(=O)c(-c4ccc(Cl)cc4)c(C)c3c2)c1. The standard InChI is InChI=1S/C25H19ClO6/c1-14-21-13-18(31-24(27)16-10-19(29-2)12-20(11-16)30-3)8-9-22(21)32-25(28)23(14)15-4-6-17(26)7-5-15/h4-13H,1-3H3. The summed E-state index contributed by atoms with van der Waals surface area (Å²) in [7, 11) is 3.00. The maximum absolute atomic E-state index is 12.7. The lowest BCUT2D eigenvalue weighted by atomic mass is 9.99. The van der Waals surface area contributed by atoms with Crippen LogP contribution >= 0.6 is 11.6 Å². The number of halogens is 1. The van der Waals surface area contributed by atoms with Crippen molar-refractivity contribution in [3.05, 3.63) is 87.2 Å². The number of hydrogen-bond donors (Lipinski definition) is 0. The highest BCUT2D eigenvalue weighted by Crippen LogP contribution is 2.30. The molecule has 7 heteroatoms. The van der Waals surface area contributed by atoms with E-state index in [1.165, 1.54) is 14.2 Å². The summed E-state index contributed by atoms with van der Waals surface area (Å²) in [6.07, 6.45) is 0. The largest absolute Gasteiger partial charge is 0.497 e. The Balaban J connectivity index is 1.73. The van der Waals surface area contributed by atoms with Crippen LogP contribution < -0.4 is 19.8 Å². The number of carbonyl (C=O) groups excluding carboxylic acids is 1. The van der Waals surface area contributed by atoms with Gasteiger partial charge < -0.3 is 18.6 Å². The van der Waals surface area contributed by atoms with Crippen LogP contribution in [0.15, 0.2) is 69.9 Å². The zero-order valence-corrected chi connectivity index (χ0v) is 18.4. The van der Waals surface area contributed by atoms with Crippen molar-refractivity contribution in [1.82, 2.24) is 0 Å². The maximum atomic E-state index is 12.7. The lowest BCUT2D eigenvalue weighted by molar-refractivity contribution is 0.0734. The van der Waals surface area contributed by atoms with Crippen molar-refractivity contribution < 1.29 is 23.4 Å². The molecule has 4 aromatic rings. The van der Waals surface area contributed by atoms with Gasteiger partial charge in [0.1, 0.15) is 22.8 Å². The molecular weight excluding hydrogens is 432 g/mol. The van der Waals surface area contributed by atoms with E-state index in [1.54, 1.807) is 60.7 Å². The Kier molecular flexibility index (Phi) is 5.88. The lowest BCUT2D eigenvalue weighted by Crippen LogP contribution is -2.10. The van der Waals surface area contributed by atoms with Gasteiger partial charge in [0.15, 0.2) is 0 Å². The van der Waals surface area contributed by atoms with Crippen LogP contribution in [0.1, 0.15) is 15.9 Å². The fraction of sp³-hybridized carbons (Fsp3) is 0.120. The van der Waals surface area contributed by atoms with Gasteiger partial charge in [-0.05, 0) is 60.5 Å². The highest BCUT2D eigenvalue weighted by molar-refractivity contribution is 6.30. The molecule has 0 aliphatic heterocycles. The van der Waals surface area contributed by atoms with Crippen LogP contribution in [-0.4, -0.2) is 20.2 Å². The average Bonchev–Trinajstić information content (AvgIpc) is 2.80. The fourth-order valence-corrected chi connectivity index (χ4v) is 3.56. The minimum absolute atomic E-state index is 0.277. The molecule has 162 valence electrons. The van der Waals surface area contributed by atoms with E-state index >= 15 is 0 Å². The number of aryl methyl sites for hydroxylation is 1. The van der Waals surface area contributed by atoms with Crippen molar-refractivity contribution >= 4 is 28.5 Å². The third-order valence-corrected chi connectivity index (χ3v) is 5.32. The first-order valence-electron chi connectivity index (χ1n) is 9.68. The Morgan fingerprint density at radius 2 is 1.53 bits per heavy atom. The summed E-state index contributed by atoms with van der Waals surface area (Å²) in [5, 5.41) is 1.23. The first-order valence-corrected chi connectivity index (χ1v) is 10.1. The van der Waals surface area contributed by atoms with Crippen LogP contribution in [0.3, 0.4) is 0 Å². The number of fused-ring (bicyclic) bond motifs is 1. The quantitative estimate of drug-likeness (QED) is 0.222. The molecule has 0 aliphatic carbocycles. The summed E-state index contributed by atoms with van der Waals surface area (Å²) in [5.74, 6) is 0.679. The predicted octanol–water partition coefficient (Wildman–Crippen LogP) is 5.66. The predicted molar refractivity (Wildman–Crippen MR) is 122 cm³/mol. The average molecular weight is 451 g/mol. The van der Waals surface area contributed by atoms with Gasteiger partial charge in [-0.2, -0.15) is 0 Å². The van der Waals surface area contributed by atoms with Gasteiger partial charge in [-0.3, -0.25) is 0 Å². The van der Waals surface area contributed by atoms with E-state index in [9.17, 15) is 9.59 Å². The number of ether oxygens (including phenoxy) is 3. The van der Waals surface area contributed by atoms with Gasteiger partial charge >= 0.3 is 11.6 Å². The smallest absolute Gasteiger partial charge is 0.344 e. The molecule has 0 saturated heterocycles. The maximum Gasteiger partial charge on any atom is 0.344 e. The molecular formula is C25H19ClO6. The molecule has 0 aliphatic rings. The second-order valence-corrected chi connectivity index (χ2v) is 7.48. The molecule has 0 saturated carbocycles. The first-order chi connectivity index (χ1) is 15.4. The molecule has 1 aromatic heterocycles. The zero-order chi connectivity index (χ0) is 22.8. The second kappa shape index (κ2) is 8.77. The highest BCUT2D eigenvalue weighted by Gasteiger charge is 2.16. The van der Waals surface area contributed by atoms with Gasteiger partial charge in [0.25, 0.3) is 0 Å². The van der Waals surface area contributed by atoms with Gasteiger partial charge in [-0.25, -0.2) is 9.59 Å². The van der Waals surface area contributed by atoms with E-state index in [0.717, 1.165) is 0 Å². The minimum atomic E-state index is -0.575. The Labute approximate surface area is 188 Å². The molecule has 0 atom stereocenters. The molecule has 32 heavy (non-hydrogen) atoms. The Morgan fingerprint density at radius 3 is 2.16 bits per heavy atom. The zero-order valence-electron chi connectivity index (χ0n) is 17.6. The van der Waals surface area contributed by atoms with Crippen molar-refractivity contribution in [1.29, 1.82) is 0 Å². The van der Waals surface area contributed by atoms with E-state index in [1.807, 2.05) is 6.92 Å². The molecule has 0 amide bonds. The number of methoxy groups -OCH3 is 2. The van der Waals surface area contributed by atoms with Crippen LogP contribution in [0, 0.1) is 6.92 Å². The summed E-state index contributed by atoms with van der Waals surface area (Å²) < 4.78 is 21.5. The van der Waals surface area contributed by atoms with Crippen LogP contribution in [0.25, 0.3) is 22.1 Å². The summed E-state index contributed by atoms with van der Waals surface area (Å²) in [4.78, 5) is 25.3. The molecule has 1 heterocycles. The van der Waals surface area contributed by atoms with Crippen LogP contribution in [0.2, 0.25) is 5.02 Å². The van der Waals surface area contributed by atoms with E-state index < -0.39 is 11.6 Å². The molecule has 3 aromatic carbocycles. The highest BCUT2D eigenvalue weighted by atomic mass is 35.5. The van der Waals surface area contributed by atoms with Crippen LogP contribution in [0.5, 0.6) is 17.2 Å². The van der Waals surface area contributed by atoms with Crippen LogP contribution in [0.4, 0.5) is 0 Å². The normalized spacial score (nSPS) is 10.8. The summed E-state index contributed by atoms with van der Waals surface area (Å²) in [6.45, 7) is 1.82. The monoisotopic (exact) mass is 450 g/mol. The molecule has 0 N–H and O–H groups in total. The van der Waals surface area contributed by atoms with Crippen LogP contribution in [-0.2, 0) is 0 Å². The number of rotatable bonds is 5. The molecule has 4 rings (SSSR count). The van der Waals surface area contributed by atoms with Crippen molar-refractivity contribution in [2.24, 2.45) is 0 Å². The Bertz CT molecular complexity index is 1350. The second-order valence-electron chi connectivity index (χ2n) is 7.05. The van der Waals surface area contributed by atoms with E-state index in [4.69, 9.17) is 30.2 Å². The van der Waals surface area contributed by atoms with E-state index in [2.05, 4.69) is 0 Å². The molecule has 0 spiro atoms. The summed E-state index contributed by atoms with van der Waals surface area (Å²) in [6, 6.07) is 16.6. The topological polar surface area (TPSA) is 75.0 Å². The molecule has 0 bridgehead atoms. The third kappa shape index (κ3) is 4.18. The fourth-order valence-electron chi connectivity index (χ4n) is 3.44. The van der Waals surface area contributed by atoms with Gasteiger partial charge in [0.2, 0.25) is 0 Å². The lowest BCUT2D eigenvalue weighted by Gasteiger charge is -2.11.